The monoisotopic (exact) mass is 320 g/mol. The van der Waals surface area contributed by atoms with Crippen LogP contribution in [0.25, 0.3) is 0 Å². The van der Waals surface area contributed by atoms with Crippen molar-refractivity contribution in [3.63, 3.8) is 0 Å². The van der Waals surface area contributed by atoms with Gasteiger partial charge in [0.1, 0.15) is 4.90 Å². The molecule has 4 N–H and O–H groups in total. The van der Waals surface area contributed by atoms with Crippen molar-refractivity contribution in [3.8, 4) is 0 Å². The summed E-state index contributed by atoms with van der Waals surface area (Å²) in [5, 5.41) is 10.2. The molecule has 1 rings (SSSR count). The number of nitrogens with one attached hydrogen (secondary N) is 1. The summed E-state index contributed by atoms with van der Waals surface area (Å²) in [6, 6.07) is 4.25. The van der Waals surface area contributed by atoms with E-state index in [1.165, 1.54) is 18.2 Å². The fourth-order valence-electron chi connectivity index (χ4n) is 2.01. The Bertz CT molecular complexity index is 571. The number of hydrogen-bond donors (Lipinski definition) is 3. The van der Waals surface area contributed by atoms with E-state index in [2.05, 4.69) is 4.72 Å². The van der Waals surface area contributed by atoms with Gasteiger partial charge in [-0.2, -0.15) is 0 Å². The second-order valence-corrected chi connectivity index (χ2v) is 7.75. The van der Waals surface area contributed by atoms with Crippen molar-refractivity contribution in [3.05, 3.63) is 23.2 Å². The summed E-state index contributed by atoms with van der Waals surface area (Å²) in [6.45, 7) is 5.42. The Labute approximate surface area is 125 Å². The zero-order chi connectivity index (χ0) is 15.6. The van der Waals surface area contributed by atoms with E-state index in [-0.39, 0.29) is 22.4 Å². The zero-order valence-corrected chi connectivity index (χ0v) is 13.4. The molecular weight excluding hydrogens is 300 g/mol. The first kappa shape index (κ1) is 17.2. The fourth-order valence-corrected chi connectivity index (χ4v) is 3.70. The van der Waals surface area contributed by atoms with Crippen LogP contribution in [0, 0.1) is 5.92 Å². The van der Waals surface area contributed by atoms with Gasteiger partial charge in [-0.25, -0.2) is 13.1 Å². The number of nitrogens with two attached hydrogens (primary N) is 1. The quantitative estimate of drug-likeness (QED) is 0.699. The predicted molar refractivity (Wildman–Crippen MR) is 81.1 cm³/mol. The van der Waals surface area contributed by atoms with E-state index in [9.17, 15) is 13.5 Å². The second-order valence-electron chi connectivity index (χ2n) is 5.61. The smallest absolute Gasteiger partial charge is 0.242 e. The Hall–Kier alpha value is -0.820. The number of benzene rings is 1. The first-order chi connectivity index (χ1) is 9.03. The predicted octanol–water partition coefficient (Wildman–Crippen LogP) is 2.00. The minimum absolute atomic E-state index is 0.0838. The topological polar surface area (TPSA) is 92.4 Å². The van der Waals surface area contributed by atoms with Crippen molar-refractivity contribution in [2.24, 2.45) is 5.92 Å². The largest absolute Gasteiger partial charge is 0.399 e. The highest BCUT2D eigenvalue weighted by atomic mass is 35.5. The lowest BCUT2D eigenvalue weighted by molar-refractivity contribution is 0.0437. The van der Waals surface area contributed by atoms with Crippen LogP contribution in [0.2, 0.25) is 5.02 Å². The highest BCUT2D eigenvalue weighted by Crippen LogP contribution is 2.24. The molecule has 1 aromatic carbocycles. The van der Waals surface area contributed by atoms with Gasteiger partial charge >= 0.3 is 0 Å². The molecule has 114 valence electrons. The van der Waals surface area contributed by atoms with Crippen LogP contribution in [0.5, 0.6) is 0 Å². The molecule has 5 nitrogen and oxygen atoms in total. The van der Waals surface area contributed by atoms with Gasteiger partial charge in [0.25, 0.3) is 0 Å². The van der Waals surface area contributed by atoms with Crippen LogP contribution in [0.15, 0.2) is 23.1 Å². The van der Waals surface area contributed by atoms with Gasteiger partial charge in [-0.3, -0.25) is 0 Å². The molecule has 0 radical (unpaired) electrons. The van der Waals surface area contributed by atoms with Gasteiger partial charge in [-0.15, -0.1) is 0 Å². The van der Waals surface area contributed by atoms with E-state index in [4.69, 9.17) is 17.3 Å². The van der Waals surface area contributed by atoms with E-state index in [0.717, 1.165) is 0 Å². The Kier molecular flexibility index (Phi) is 5.43. The molecule has 0 aromatic heterocycles. The second kappa shape index (κ2) is 6.30. The summed E-state index contributed by atoms with van der Waals surface area (Å²) in [6.07, 6.45) is 0.486. The van der Waals surface area contributed by atoms with Gasteiger partial charge in [-0.1, -0.05) is 25.4 Å². The van der Waals surface area contributed by atoms with E-state index in [1.807, 2.05) is 13.8 Å². The van der Waals surface area contributed by atoms with Crippen LogP contribution in [0.3, 0.4) is 0 Å². The van der Waals surface area contributed by atoms with Crippen LogP contribution in [-0.2, 0) is 10.0 Å². The van der Waals surface area contributed by atoms with Crippen LogP contribution < -0.4 is 10.5 Å². The Morgan fingerprint density at radius 1 is 1.45 bits per heavy atom. The molecule has 20 heavy (non-hydrogen) atoms. The van der Waals surface area contributed by atoms with Crippen LogP contribution in [0.1, 0.15) is 27.2 Å². The van der Waals surface area contributed by atoms with Crippen molar-refractivity contribution < 1.29 is 13.5 Å². The minimum atomic E-state index is -3.80. The lowest BCUT2D eigenvalue weighted by Crippen LogP contribution is -2.41. The molecule has 0 spiro atoms. The maximum absolute atomic E-state index is 12.2. The number of anilines is 1. The SMILES string of the molecule is CC(C)CC(C)(O)CNS(=O)(=O)c1cc(N)ccc1Cl. The van der Waals surface area contributed by atoms with E-state index >= 15 is 0 Å². The molecule has 0 aliphatic rings. The summed E-state index contributed by atoms with van der Waals surface area (Å²) in [5.41, 5.74) is 4.76. The minimum Gasteiger partial charge on any atom is -0.399 e. The number of hydrogen-bond acceptors (Lipinski definition) is 4. The maximum atomic E-state index is 12.2. The van der Waals surface area contributed by atoms with E-state index in [1.54, 1.807) is 6.92 Å². The molecule has 1 aromatic rings. The van der Waals surface area contributed by atoms with Gasteiger partial charge in [0, 0.05) is 12.2 Å². The summed E-state index contributed by atoms with van der Waals surface area (Å²) in [7, 11) is -3.80. The van der Waals surface area contributed by atoms with Gasteiger partial charge < -0.3 is 10.8 Å². The normalized spacial score (nSPS) is 15.3. The zero-order valence-electron chi connectivity index (χ0n) is 11.9. The van der Waals surface area contributed by atoms with Crippen LogP contribution in [-0.4, -0.2) is 25.7 Å². The van der Waals surface area contributed by atoms with Crippen molar-refractivity contribution in [1.82, 2.24) is 4.72 Å². The van der Waals surface area contributed by atoms with Gasteiger partial charge in [-0.05, 0) is 37.5 Å². The molecule has 1 atom stereocenters. The first-order valence-corrected chi connectivity index (χ1v) is 8.17. The van der Waals surface area contributed by atoms with Crippen molar-refractivity contribution in [2.45, 2.75) is 37.7 Å². The van der Waals surface area contributed by atoms with Gasteiger partial charge in [0.2, 0.25) is 10.0 Å². The lowest BCUT2D eigenvalue weighted by Gasteiger charge is -2.25. The summed E-state index contributed by atoms with van der Waals surface area (Å²) < 4.78 is 26.7. The molecule has 0 fully saturated rings. The lowest BCUT2D eigenvalue weighted by atomic mass is 9.95. The van der Waals surface area contributed by atoms with Crippen molar-refractivity contribution >= 4 is 27.3 Å². The first-order valence-electron chi connectivity index (χ1n) is 6.30. The number of sulfonamides is 1. The molecule has 0 saturated heterocycles. The number of rotatable bonds is 6. The molecular formula is C13H21ClN2O3S. The summed E-state index contributed by atoms with van der Waals surface area (Å²) in [5.74, 6) is 0.255. The number of nitrogen functional groups attached to an aromatic ring is 1. The molecule has 0 bridgehead atoms. The molecule has 0 saturated carbocycles. The highest BCUT2D eigenvalue weighted by Gasteiger charge is 2.26. The average molecular weight is 321 g/mol. The molecule has 0 aliphatic heterocycles. The molecule has 7 heteroatoms. The van der Waals surface area contributed by atoms with Crippen LogP contribution >= 0.6 is 11.6 Å². The van der Waals surface area contributed by atoms with Crippen molar-refractivity contribution in [1.29, 1.82) is 0 Å². The fraction of sp³-hybridized carbons (Fsp3) is 0.538. The number of aliphatic hydroxyl groups is 1. The third kappa shape index (κ3) is 4.94. The Balaban J connectivity index is 2.88. The van der Waals surface area contributed by atoms with Gasteiger partial charge in [0.05, 0.1) is 10.6 Å². The summed E-state index contributed by atoms with van der Waals surface area (Å²) >= 11 is 5.88. The standard InChI is InChI=1S/C13H21ClN2O3S/c1-9(2)7-13(3,17)8-16-20(18,19)12-6-10(15)4-5-11(12)14/h4-6,9,16-17H,7-8,15H2,1-3H3. The van der Waals surface area contributed by atoms with Crippen LogP contribution in [0.4, 0.5) is 5.69 Å². The third-order valence-electron chi connectivity index (χ3n) is 2.74. The maximum Gasteiger partial charge on any atom is 0.242 e. The molecule has 0 aliphatic carbocycles. The summed E-state index contributed by atoms with van der Waals surface area (Å²) in [4.78, 5) is -0.0838. The van der Waals surface area contributed by atoms with E-state index < -0.39 is 15.6 Å². The Morgan fingerprint density at radius 2 is 2.05 bits per heavy atom. The molecule has 1 unspecified atom stereocenters. The Morgan fingerprint density at radius 3 is 2.60 bits per heavy atom. The number of halogens is 1. The molecule has 0 amide bonds. The van der Waals surface area contributed by atoms with Gasteiger partial charge in [0.15, 0.2) is 0 Å². The third-order valence-corrected chi connectivity index (χ3v) is 4.62. The van der Waals surface area contributed by atoms with Crippen molar-refractivity contribution in [2.75, 3.05) is 12.3 Å². The molecule has 0 heterocycles. The van der Waals surface area contributed by atoms with E-state index in [0.29, 0.717) is 12.1 Å². The average Bonchev–Trinajstić information content (AvgIpc) is 2.28. The highest BCUT2D eigenvalue weighted by molar-refractivity contribution is 7.89.